The number of carbonyl (C=O) groups excluding carboxylic acids is 2. The number of rotatable bonds is 9. The number of carbonyl (C=O) groups is 2. The van der Waals surface area contributed by atoms with Gasteiger partial charge in [-0.1, -0.05) is 77.8 Å². The van der Waals surface area contributed by atoms with Crippen LogP contribution in [0.15, 0.2) is 72.8 Å². The molecule has 0 bridgehead atoms. The van der Waals surface area contributed by atoms with Gasteiger partial charge in [-0.3, -0.25) is 9.59 Å². The summed E-state index contributed by atoms with van der Waals surface area (Å²) in [5.74, 6) is -1.16. The van der Waals surface area contributed by atoms with E-state index in [1.165, 1.54) is 17.0 Å². The van der Waals surface area contributed by atoms with Crippen molar-refractivity contribution in [3.8, 4) is 0 Å². The first kappa shape index (κ1) is 25.4. The Morgan fingerprint density at radius 3 is 2.24 bits per heavy atom. The molecule has 2 amide bonds. The fourth-order valence-corrected chi connectivity index (χ4v) is 4.01. The van der Waals surface area contributed by atoms with Gasteiger partial charge in [0.25, 0.3) is 0 Å². The van der Waals surface area contributed by atoms with Crippen molar-refractivity contribution in [1.82, 2.24) is 10.2 Å². The summed E-state index contributed by atoms with van der Waals surface area (Å²) in [7, 11) is 0. The minimum Gasteiger partial charge on any atom is -0.352 e. The van der Waals surface area contributed by atoms with Crippen LogP contribution in [-0.4, -0.2) is 28.8 Å². The third-order valence-electron chi connectivity index (χ3n) is 5.57. The normalized spacial score (nSPS) is 11.8. The maximum atomic E-state index is 14.5. The lowest BCUT2D eigenvalue weighted by atomic mass is 10.0. The van der Waals surface area contributed by atoms with E-state index in [0.29, 0.717) is 6.42 Å². The molecule has 0 radical (unpaired) electrons. The SMILES string of the molecule is Cc1ccc(CN(C(=O)Cc2c(F)cccc2Cl)C(Cc2ccccc2)C(=O)NC(C)C)cc1. The molecule has 0 saturated carbocycles. The molecule has 34 heavy (non-hydrogen) atoms. The predicted molar refractivity (Wildman–Crippen MR) is 134 cm³/mol. The number of aryl methyl sites for hydroxylation is 1. The van der Waals surface area contributed by atoms with Crippen molar-refractivity contribution in [2.75, 3.05) is 0 Å². The van der Waals surface area contributed by atoms with E-state index in [9.17, 15) is 14.0 Å². The summed E-state index contributed by atoms with van der Waals surface area (Å²) in [6, 6.07) is 20.8. The molecule has 1 unspecified atom stereocenters. The van der Waals surface area contributed by atoms with Crippen LogP contribution in [0.25, 0.3) is 0 Å². The summed E-state index contributed by atoms with van der Waals surface area (Å²) in [6.45, 7) is 5.96. The summed E-state index contributed by atoms with van der Waals surface area (Å²) in [4.78, 5) is 28.5. The number of hydrogen-bond donors (Lipinski definition) is 1. The molecule has 0 fully saturated rings. The molecule has 6 heteroatoms. The lowest BCUT2D eigenvalue weighted by Crippen LogP contribution is -2.52. The second-order valence-electron chi connectivity index (χ2n) is 8.75. The van der Waals surface area contributed by atoms with Crippen LogP contribution in [0.3, 0.4) is 0 Å². The molecule has 0 aliphatic heterocycles. The van der Waals surface area contributed by atoms with Gasteiger partial charge in [-0.05, 0) is 44.0 Å². The van der Waals surface area contributed by atoms with Gasteiger partial charge in [0.1, 0.15) is 11.9 Å². The molecule has 0 aliphatic carbocycles. The zero-order chi connectivity index (χ0) is 24.7. The van der Waals surface area contributed by atoms with Crippen LogP contribution < -0.4 is 5.32 Å². The van der Waals surface area contributed by atoms with Crippen LogP contribution in [0.4, 0.5) is 4.39 Å². The molecule has 1 N–H and O–H groups in total. The molecule has 0 saturated heterocycles. The largest absolute Gasteiger partial charge is 0.352 e. The maximum Gasteiger partial charge on any atom is 0.243 e. The van der Waals surface area contributed by atoms with Gasteiger partial charge >= 0.3 is 0 Å². The number of benzene rings is 3. The highest BCUT2D eigenvalue weighted by Gasteiger charge is 2.31. The summed E-state index contributed by atoms with van der Waals surface area (Å²) in [5.41, 5.74) is 3.04. The third-order valence-corrected chi connectivity index (χ3v) is 5.92. The number of amides is 2. The lowest BCUT2D eigenvalue weighted by Gasteiger charge is -2.32. The smallest absolute Gasteiger partial charge is 0.243 e. The van der Waals surface area contributed by atoms with E-state index in [1.54, 1.807) is 6.07 Å². The Morgan fingerprint density at radius 2 is 1.62 bits per heavy atom. The topological polar surface area (TPSA) is 49.4 Å². The van der Waals surface area contributed by atoms with Crippen molar-refractivity contribution in [2.45, 2.75) is 52.2 Å². The van der Waals surface area contributed by atoms with E-state index in [1.807, 2.05) is 75.4 Å². The van der Waals surface area contributed by atoms with Crippen LogP contribution >= 0.6 is 11.6 Å². The molecule has 0 heterocycles. The Balaban J connectivity index is 2.00. The second kappa shape index (κ2) is 11.8. The zero-order valence-electron chi connectivity index (χ0n) is 19.7. The van der Waals surface area contributed by atoms with E-state index < -0.39 is 11.9 Å². The van der Waals surface area contributed by atoms with E-state index in [-0.39, 0.29) is 41.4 Å². The molecule has 3 aromatic rings. The first-order chi connectivity index (χ1) is 16.2. The van der Waals surface area contributed by atoms with Crippen molar-refractivity contribution >= 4 is 23.4 Å². The van der Waals surface area contributed by atoms with Crippen molar-refractivity contribution < 1.29 is 14.0 Å². The van der Waals surface area contributed by atoms with E-state index >= 15 is 0 Å². The van der Waals surface area contributed by atoms with E-state index in [0.717, 1.165) is 16.7 Å². The third kappa shape index (κ3) is 6.91. The van der Waals surface area contributed by atoms with Crippen LogP contribution in [-0.2, 0) is 29.0 Å². The molecular formula is C28H30ClFN2O2. The molecular weight excluding hydrogens is 451 g/mol. The zero-order valence-corrected chi connectivity index (χ0v) is 20.5. The van der Waals surface area contributed by atoms with Gasteiger partial charge in [0.05, 0.1) is 6.42 Å². The summed E-state index contributed by atoms with van der Waals surface area (Å²) >= 11 is 6.21. The Hall–Kier alpha value is -3.18. The van der Waals surface area contributed by atoms with Gasteiger partial charge in [-0.15, -0.1) is 0 Å². The van der Waals surface area contributed by atoms with Gasteiger partial charge in [0, 0.05) is 29.6 Å². The van der Waals surface area contributed by atoms with Crippen LogP contribution in [0.1, 0.15) is 36.1 Å². The molecule has 178 valence electrons. The fraction of sp³-hybridized carbons (Fsp3) is 0.286. The molecule has 3 aromatic carbocycles. The highest BCUT2D eigenvalue weighted by atomic mass is 35.5. The van der Waals surface area contributed by atoms with E-state index in [2.05, 4.69) is 5.32 Å². The average molecular weight is 481 g/mol. The Labute approximate surface area is 205 Å². The van der Waals surface area contributed by atoms with Crippen LogP contribution in [0, 0.1) is 12.7 Å². The summed E-state index contributed by atoms with van der Waals surface area (Å²) in [5, 5.41) is 3.14. The molecule has 0 aliphatic rings. The lowest BCUT2D eigenvalue weighted by molar-refractivity contribution is -0.141. The molecule has 1 atom stereocenters. The van der Waals surface area contributed by atoms with Gasteiger partial charge in [0.15, 0.2) is 0 Å². The minimum absolute atomic E-state index is 0.0943. The fourth-order valence-electron chi connectivity index (χ4n) is 3.78. The molecule has 0 aromatic heterocycles. The Kier molecular flexibility index (Phi) is 8.83. The quantitative estimate of drug-likeness (QED) is 0.440. The van der Waals surface area contributed by atoms with Gasteiger partial charge in [-0.25, -0.2) is 4.39 Å². The van der Waals surface area contributed by atoms with Crippen LogP contribution in [0.5, 0.6) is 0 Å². The molecule has 3 rings (SSSR count). The summed E-state index contributed by atoms with van der Waals surface area (Å²) in [6.07, 6.45) is 0.0968. The first-order valence-corrected chi connectivity index (χ1v) is 11.7. The predicted octanol–water partition coefficient (Wildman–Crippen LogP) is 5.49. The van der Waals surface area contributed by atoms with Gasteiger partial charge < -0.3 is 10.2 Å². The van der Waals surface area contributed by atoms with Crippen molar-refractivity contribution in [1.29, 1.82) is 0 Å². The van der Waals surface area contributed by atoms with Crippen molar-refractivity contribution in [2.24, 2.45) is 0 Å². The maximum absolute atomic E-state index is 14.5. The van der Waals surface area contributed by atoms with E-state index in [4.69, 9.17) is 11.6 Å². The minimum atomic E-state index is -0.774. The molecule has 0 spiro atoms. The highest BCUT2D eigenvalue weighted by molar-refractivity contribution is 6.31. The Bertz CT molecular complexity index is 1100. The number of hydrogen-bond acceptors (Lipinski definition) is 2. The second-order valence-corrected chi connectivity index (χ2v) is 9.16. The molecule has 4 nitrogen and oxygen atoms in total. The van der Waals surface area contributed by atoms with Gasteiger partial charge in [-0.2, -0.15) is 0 Å². The van der Waals surface area contributed by atoms with Crippen LogP contribution in [0.2, 0.25) is 5.02 Å². The Morgan fingerprint density at radius 1 is 0.941 bits per heavy atom. The van der Waals surface area contributed by atoms with Crippen molar-refractivity contribution in [3.05, 3.63) is 106 Å². The van der Waals surface area contributed by atoms with Crippen molar-refractivity contribution in [3.63, 3.8) is 0 Å². The number of nitrogens with zero attached hydrogens (tertiary/aromatic N) is 1. The van der Waals surface area contributed by atoms with Gasteiger partial charge in [0.2, 0.25) is 11.8 Å². The first-order valence-electron chi connectivity index (χ1n) is 11.4. The number of nitrogens with one attached hydrogen (secondary N) is 1. The highest BCUT2D eigenvalue weighted by Crippen LogP contribution is 2.22. The monoisotopic (exact) mass is 480 g/mol. The average Bonchev–Trinajstić information content (AvgIpc) is 2.80. The summed E-state index contributed by atoms with van der Waals surface area (Å²) < 4.78 is 14.5. The standard InChI is InChI=1S/C28H30ClFN2O2/c1-19(2)31-28(34)26(16-21-8-5-4-6-9-21)32(18-22-14-12-20(3)13-15-22)27(33)17-23-24(29)10-7-11-25(23)30/h4-15,19,26H,16-18H2,1-3H3,(H,31,34). The number of halogens is 2.